The molecule has 3 nitrogen and oxygen atoms in total. The molecule has 23 heavy (non-hydrogen) atoms. The van der Waals surface area contributed by atoms with Crippen LogP contribution in [-0.4, -0.2) is 9.97 Å². The molecule has 3 rings (SSSR count). The maximum Gasteiger partial charge on any atom is 2.00 e. The van der Waals surface area contributed by atoms with E-state index in [4.69, 9.17) is 0 Å². The predicted octanol–water partition coefficient (Wildman–Crippen LogP) is -3.88. The zero-order chi connectivity index (χ0) is 13.8. The molecule has 2 heterocycles. The summed E-state index contributed by atoms with van der Waals surface area (Å²) in [5.74, 6) is 0. The van der Waals surface area contributed by atoms with E-state index in [-0.39, 0.29) is 44.9 Å². The van der Waals surface area contributed by atoms with Crippen molar-refractivity contribution in [3.05, 3.63) is 79.1 Å². The Morgan fingerprint density at radius 1 is 0.652 bits per heavy atom. The third kappa shape index (κ3) is 4.50. The fraction of sp³-hybridized carbons (Fsp3) is 0. The number of hydrogen-bond donors (Lipinski definition) is 0. The molecule has 0 atom stereocenters. The summed E-state index contributed by atoms with van der Waals surface area (Å²) >= 11 is 0. The monoisotopic (exact) mass is 543 g/mol. The van der Waals surface area contributed by atoms with Crippen molar-refractivity contribution in [2.45, 2.75) is 0 Å². The summed E-state index contributed by atoms with van der Waals surface area (Å²) in [7, 11) is -3.00. The van der Waals surface area contributed by atoms with E-state index < -0.39 is 7.14 Å². The standard InChI is InChI=1S/C16H13N2OP.2ClH.Ir/c19-20(14-8-2-1-3-9-14,15-10-4-6-12-17-15)16-11-5-7-13-18-16;;;/h1-13H;2*1H;/q;;;+2/p-2. The molecule has 0 aliphatic heterocycles. The topological polar surface area (TPSA) is 42.9 Å². The van der Waals surface area contributed by atoms with Crippen LogP contribution in [0.2, 0.25) is 0 Å². The SMILES string of the molecule is O=P(c1ccccc1)(c1ccccn1)c1ccccn1.[Cl-].[Cl-].[Ir+2]. The number of aromatic nitrogens is 2. The van der Waals surface area contributed by atoms with E-state index >= 15 is 0 Å². The molecule has 0 saturated heterocycles. The molecular weight excluding hydrogens is 530 g/mol. The molecule has 0 bridgehead atoms. The minimum absolute atomic E-state index is 0. The first-order valence-corrected chi connectivity index (χ1v) is 8.01. The van der Waals surface area contributed by atoms with Crippen LogP contribution < -0.4 is 41.0 Å². The average molecular weight is 543 g/mol. The molecule has 0 amide bonds. The van der Waals surface area contributed by atoms with Crippen LogP contribution >= 0.6 is 7.14 Å². The smallest absolute Gasteiger partial charge is 1.00 e. The Labute approximate surface area is 161 Å². The molecular formula is C16H13Cl2IrN2OP. The van der Waals surface area contributed by atoms with Gasteiger partial charge in [0.2, 0.25) is 7.14 Å². The Kier molecular flexibility index (Phi) is 9.53. The summed E-state index contributed by atoms with van der Waals surface area (Å²) in [4.78, 5) is 8.60. The Bertz CT molecular complexity index is 642. The molecule has 121 valence electrons. The van der Waals surface area contributed by atoms with Gasteiger partial charge in [0.05, 0.1) is 0 Å². The molecule has 0 aliphatic carbocycles. The zero-order valence-electron chi connectivity index (χ0n) is 11.8. The van der Waals surface area contributed by atoms with Crippen molar-refractivity contribution in [2.75, 3.05) is 0 Å². The largest absolute Gasteiger partial charge is 2.00 e. The molecule has 3 aromatic rings. The van der Waals surface area contributed by atoms with Crippen molar-refractivity contribution in [2.24, 2.45) is 0 Å². The molecule has 1 radical (unpaired) electrons. The van der Waals surface area contributed by atoms with Gasteiger partial charge in [0.15, 0.2) is 0 Å². The summed E-state index contributed by atoms with van der Waals surface area (Å²) in [5.41, 5.74) is 1.12. The minimum atomic E-state index is -3.00. The molecule has 2 aromatic heterocycles. The molecule has 1 aromatic carbocycles. The van der Waals surface area contributed by atoms with Gasteiger partial charge >= 0.3 is 20.1 Å². The molecule has 0 fully saturated rings. The van der Waals surface area contributed by atoms with Gasteiger partial charge in [-0.2, -0.15) is 0 Å². The van der Waals surface area contributed by atoms with Gasteiger partial charge < -0.3 is 29.4 Å². The molecule has 0 unspecified atom stereocenters. The number of pyridine rings is 2. The second-order valence-electron chi connectivity index (χ2n) is 4.32. The minimum Gasteiger partial charge on any atom is -1.00 e. The summed E-state index contributed by atoms with van der Waals surface area (Å²) < 4.78 is 13.7. The summed E-state index contributed by atoms with van der Waals surface area (Å²) in [6.45, 7) is 0. The van der Waals surface area contributed by atoms with Gasteiger partial charge in [-0.25, -0.2) is 0 Å². The molecule has 0 saturated carbocycles. The number of halogens is 2. The van der Waals surface area contributed by atoms with E-state index in [0.717, 1.165) is 5.30 Å². The summed E-state index contributed by atoms with van der Waals surface area (Å²) in [6, 6.07) is 20.3. The van der Waals surface area contributed by atoms with Gasteiger partial charge in [-0.1, -0.05) is 42.5 Å². The van der Waals surface area contributed by atoms with E-state index in [2.05, 4.69) is 9.97 Å². The number of nitrogens with zero attached hydrogens (tertiary/aromatic N) is 2. The third-order valence-corrected chi connectivity index (χ3v) is 5.91. The average Bonchev–Trinajstić information content (AvgIpc) is 2.56. The molecule has 7 heteroatoms. The Morgan fingerprint density at radius 2 is 1.09 bits per heavy atom. The van der Waals surface area contributed by atoms with Gasteiger partial charge in [0, 0.05) is 17.7 Å². The summed E-state index contributed by atoms with van der Waals surface area (Å²) in [6.07, 6.45) is 3.32. The first-order valence-electron chi connectivity index (χ1n) is 6.31. The second kappa shape index (κ2) is 9.97. The van der Waals surface area contributed by atoms with Crippen LogP contribution in [0.1, 0.15) is 0 Å². The maximum absolute atomic E-state index is 13.7. The normalized spacial score (nSPS) is 9.74. The van der Waals surface area contributed by atoms with Gasteiger partial charge in [-0.15, -0.1) is 0 Å². The fourth-order valence-corrected chi connectivity index (χ4v) is 4.51. The van der Waals surface area contributed by atoms with Gasteiger partial charge in [0.1, 0.15) is 10.9 Å². The van der Waals surface area contributed by atoms with Crippen molar-refractivity contribution >= 4 is 23.3 Å². The molecule has 0 aliphatic rings. The first-order chi connectivity index (χ1) is 9.82. The number of rotatable bonds is 3. The van der Waals surface area contributed by atoms with E-state index in [1.54, 1.807) is 24.5 Å². The van der Waals surface area contributed by atoms with Crippen molar-refractivity contribution < 1.29 is 49.5 Å². The number of benzene rings is 1. The van der Waals surface area contributed by atoms with Crippen LogP contribution in [0.5, 0.6) is 0 Å². The van der Waals surface area contributed by atoms with Crippen molar-refractivity contribution in [3.63, 3.8) is 0 Å². The molecule has 0 N–H and O–H groups in total. The van der Waals surface area contributed by atoms with Gasteiger partial charge in [0.25, 0.3) is 0 Å². The first kappa shape index (κ1) is 22.0. The third-order valence-electron chi connectivity index (χ3n) is 3.06. The van der Waals surface area contributed by atoms with Crippen LogP contribution in [0.3, 0.4) is 0 Å². The predicted molar refractivity (Wildman–Crippen MR) is 81.4 cm³/mol. The Balaban J connectivity index is 0.00000161. The van der Waals surface area contributed by atoms with Crippen LogP contribution in [-0.2, 0) is 24.7 Å². The van der Waals surface area contributed by atoms with Crippen molar-refractivity contribution in [3.8, 4) is 0 Å². The van der Waals surface area contributed by atoms with Crippen LogP contribution in [0.25, 0.3) is 0 Å². The number of hydrogen-bond acceptors (Lipinski definition) is 3. The Hall–Kier alpha value is -1.02. The second-order valence-corrected chi connectivity index (χ2v) is 6.97. The Morgan fingerprint density at radius 3 is 1.48 bits per heavy atom. The van der Waals surface area contributed by atoms with Gasteiger partial charge in [-0.05, 0) is 24.3 Å². The van der Waals surface area contributed by atoms with Gasteiger partial charge in [-0.3, -0.25) is 9.97 Å². The quantitative estimate of drug-likeness (QED) is 0.318. The van der Waals surface area contributed by atoms with Crippen molar-refractivity contribution in [1.29, 1.82) is 0 Å². The molecule has 0 spiro atoms. The van der Waals surface area contributed by atoms with E-state index in [9.17, 15) is 4.57 Å². The zero-order valence-corrected chi connectivity index (χ0v) is 16.6. The van der Waals surface area contributed by atoms with E-state index in [0.29, 0.717) is 10.9 Å². The van der Waals surface area contributed by atoms with Crippen LogP contribution in [0, 0.1) is 0 Å². The maximum atomic E-state index is 13.7. The van der Waals surface area contributed by atoms with E-state index in [1.807, 2.05) is 54.6 Å². The van der Waals surface area contributed by atoms with E-state index in [1.165, 1.54) is 0 Å². The summed E-state index contributed by atoms with van der Waals surface area (Å²) in [5, 5.41) is 0.748. The van der Waals surface area contributed by atoms with Crippen LogP contribution in [0.15, 0.2) is 79.1 Å². The fourth-order valence-electron chi connectivity index (χ4n) is 2.10. The van der Waals surface area contributed by atoms with Crippen LogP contribution in [0.4, 0.5) is 0 Å². The van der Waals surface area contributed by atoms with Crippen molar-refractivity contribution in [1.82, 2.24) is 9.97 Å².